The first kappa shape index (κ1) is 28.6. The molecule has 0 atom stereocenters. The second kappa shape index (κ2) is 10.9. The van der Waals surface area contributed by atoms with Crippen LogP contribution in [0.15, 0.2) is 188 Å². The van der Waals surface area contributed by atoms with Crippen molar-refractivity contribution in [1.29, 1.82) is 0 Å². The molecule has 51 heavy (non-hydrogen) atoms. The van der Waals surface area contributed by atoms with E-state index in [1.165, 1.54) is 92.2 Å². The molecule has 0 amide bonds. The van der Waals surface area contributed by atoms with Crippen LogP contribution in [0, 0.1) is 0 Å². The Hall–Kier alpha value is -6.22. The minimum atomic E-state index is -0.437. The minimum absolute atomic E-state index is 0.437. The Bertz CT molecular complexity index is 2930. The highest BCUT2D eigenvalue weighted by Gasteiger charge is 2.47. The first-order valence-corrected chi connectivity index (χ1v) is 18.4. The van der Waals surface area contributed by atoms with Gasteiger partial charge >= 0.3 is 0 Å². The van der Waals surface area contributed by atoms with Crippen LogP contribution in [0.2, 0.25) is 0 Å². The molecule has 0 saturated carbocycles. The first-order valence-electron chi connectivity index (χ1n) is 17.6. The zero-order chi connectivity index (χ0) is 33.5. The van der Waals surface area contributed by atoms with Gasteiger partial charge in [-0.15, -0.1) is 11.3 Å². The minimum Gasteiger partial charge on any atom is -0.309 e. The lowest BCUT2D eigenvalue weighted by molar-refractivity contribution is 0.769. The van der Waals surface area contributed by atoms with Crippen molar-refractivity contribution in [2.45, 2.75) is 5.41 Å². The summed E-state index contributed by atoms with van der Waals surface area (Å²) in [4.78, 5) is 0. The van der Waals surface area contributed by atoms with Gasteiger partial charge in [0.05, 0.1) is 16.4 Å². The fraction of sp³-hybridized carbons (Fsp3) is 0.0204. The predicted octanol–water partition coefficient (Wildman–Crippen LogP) is 13.2. The lowest BCUT2D eigenvalue weighted by atomic mass is 9.67. The maximum absolute atomic E-state index is 2.48. The van der Waals surface area contributed by atoms with Gasteiger partial charge in [0.1, 0.15) is 0 Å². The summed E-state index contributed by atoms with van der Waals surface area (Å²) in [6.07, 6.45) is 0. The summed E-state index contributed by atoms with van der Waals surface area (Å²) in [6, 6.07) is 69.6. The zero-order valence-electron chi connectivity index (χ0n) is 27.8. The zero-order valence-corrected chi connectivity index (χ0v) is 28.6. The van der Waals surface area contributed by atoms with Crippen LogP contribution in [-0.2, 0) is 5.41 Å². The van der Waals surface area contributed by atoms with E-state index in [2.05, 4.69) is 193 Å². The largest absolute Gasteiger partial charge is 0.309 e. The third-order valence-electron chi connectivity index (χ3n) is 11.1. The monoisotopic (exact) mass is 665 g/mol. The highest BCUT2D eigenvalue weighted by atomic mass is 32.1. The summed E-state index contributed by atoms with van der Waals surface area (Å²) in [7, 11) is 0. The molecule has 0 radical (unpaired) electrons. The maximum Gasteiger partial charge on any atom is 0.0713 e. The van der Waals surface area contributed by atoms with Gasteiger partial charge in [0, 0.05) is 36.6 Å². The van der Waals surface area contributed by atoms with Gasteiger partial charge in [-0.25, -0.2) is 0 Å². The summed E-state index contributed by atoms with van der Waals surface area (Å²) in [6.45, 7) is 0. The van der Waals surface area contributed by atoms with E-state index in [9.17, 15) is 0 Å². The Morgan fingerprint density at radius 3 is 1.88 bits per heavy atom. The Kier molecular flexibility index (Phi) is 6.11. The number of nitrogens with zero attached hydrogens (tertiary/aromatic N) is 1. The average molecular weight is 666 g/mol. The van der Waals surface area contributed by atoms with E-state index in [1.807, 2.05) is 11.3 Å². The van der Waals surface area contributed by atoms with Crippen molar-refractivity contribution in [2.75, 3.05) is 0 Å². The van der Waals surface area contributed by atoms with Gasteiger partial charge in [-0.05, 0) is 80.9 Å². The van der Waals surface area contributed by atoms with Gasteiger partial charge in [-0.2, -0.15) is 0 Å². The van der Waals surface area contributed by atoms with Gasteiger partial charge in [0.2, 0.25) is 0 Å². The molecule has 0 fully saturated rings. The highest BCUT2D eigenvalue weighted by Crippen LogP contribution is 2.58. The van der Waals surface area contributed by atoms with Gasteiger partial charge in [-0.3, -0.25) is 0 Å². The number of aromatic nitrogens is 1. The van der Waals surface area contributed by atoms with Crippen LogP contribution >= 0.6 is 11.3 Å². The van der Waals surface area contributed by atoms with Crippen molar-refractivity contribution in [3.8, 4) is 27.9 Å². The van der Waals surface area contributed by atoms with E-state index in [0.717, 1.165) is 0 Å². The molecule has 0 N–H and O–H groups in total. The number of thiophene rings is 1. The number of rotatable bonds is 4. The van der Waals surface area contributed by atoms with Crippen molar-refractivity contribution < 1.29 is 0 Å². The Labute approximate surface area is 300 Å². The molecule has 0 unspecified atom stereocenters. The third kappa shape index (κ3) is 3.91. The van der Waals surface area contributed by atoms with Crippen molar-refractivity contribution in [1.82, 2.24) is 4.57 Å². The summed E-state index contributed by atoms with van der Waals surface area (Å²) < 4.78 is 5.13. The summed E-state index contributed by atoms with van der Waals surface area (Å²) in [5.74, 6) is 0. The van der Waals surface area contributed by atoms with Gasteiger partial charge in [-0.1, -0.05) is 152 Å². The number of hydrogen-bond donors (Lipinski definition) is 0. The smallest absolute Gasteiger partial charge is 0.0713 e. The van der Waals surface area contributed by atoms with E-state index in [-0.39, 0.29) is 0 Å². The lowest BCUT2D eigenvalue weighted by Crippen LogP contribution is -2.28. The summed E-state index contributed by atoms with van der Waals surface area (Å²) >= 11 is 1.87. The van der Waals surface area contributed by atoms with E-state index in [0.29, 0.717) is 0 Å². The quantitative estimate of drug-likeness (QED) is 0.176. The molecule has 2 heterocycles. The van der Waals surface area contributed by atoms with E-state index >= 15 is 0 Å². The Morgan fingerprint density at radius 2 is 1.06 bits per heavy atom. The SMILES string of the molecule is c1ccc(C2(c3ccccc3)c3ccccc3-c3c2ccc2c3c3ccccc3n2-c2cccc(-c3cccc4sc5ccccc5c34)c2)cc1. The molecule has 0 spiro atoms. The van der Waals surface area contributed by atoms with Crippen LogP contribution in [0.5, 0.6) is 0 Å². The standard InChI is InChI=1S/C49H31NS/c1-3-16-33(17-4-1)49(34-18-5-2-6-19-34)40-25-10-7-21-37(40)47-41(49)29-30-43-48(47)38-22-8-11-26-42(38)50(43)35-20-13-15-32(31-35)36-24-14-28-45-46(36)39-23-9-12-27-44(39)51-45/h1-31H. The van der Waals surface area contributed by atoms with E-state index in [4.69, 9.17) is 0 Å². The maximum atomic E-state index is 2.48. The summed E-state index contributed by atoms with van der Waals surface area (Å²) in [5, 5.41) is 5.24. The molecule has 2 heteroatoms. The van der Waals surface area contributed by atoms with E-state index in [1.54, 1.807) is 0 Å². The predicted molar refractivity (Wildman–Crippen MR) is 216 cm³/mol. The van der Waals surface area contributed by atoms with Gasteiger partial charge in [0.25, 0.3) is 0 Å². The van der Waals surface area contributed by atoms with Crippen LogP contribution in [0.3, 0.4) is 0 Å². The molecule has 1 nitrogen and oxygen atoms in total. The topological polar surface area (TPSA) is 4.93 Å². The number of fused-ring (bicyclic) bond motifs is 10. The lowest BCUT2D eigenvalue weighted by Gasteiger charge is -2.33. The fourth-order valence-corrected chi connectivity index (χ4v) is 10.2. The van der Waals surface area contributed by atoms with E-state index < -0.39 is 5.41 Å². The molecule has 238 valence electrons. The van der Waals surface area contributed by atoms with Crippen molar-refractivity contribution in [3.05, 3.63) is 210 Å². The molecule has 1 aliphatic carbocycles. The van der Waals surface area contributed by atoms with Crippen LogP contribution in [0.4, 0.5) is 0 Å². The molecule has 1 aliphatic rings. The molecule has 0 saturated heterocycles. The van der Waals surface area contributed by atoms with Crippen molar-refractivity contribution in [3.63, 3.8) is 0 Å². The fourth-order valence-electron chi connectivity index (χ4n) is 9.10. The van der Waals surface area contributed by atoms with Crippen LogP contribution in [-0.4, -0.2) is 4.57 Å². The molecular weight excluding hydrogens is 635 g/mol. The van der Waals surface area contributed by atoms with Gasteiger partial charge in [0.15, 0.2) is 0 Å². The molecule has 2 aromatic heterocycles. The second-order valence-electron chi connectivity index (χ2n) is 13.6. The molecule has 0 bridgehead atoms. The second-order valence-corrected chi connectivity index (χ2v) is 14.7. The normalized spacial score (nSPS) is 13.3. The van der Waals surface area contributed by atoms with Gasteiger partial charge < -0.3 is 4.57 Å². The number of hydrogen-bond acceptors (Lipinski definition) is 1. The average Bonchev–Trinajstić information content (AvgIpc) is 3.85. The van der Waals surface area contributed by atoms with Crippen LogP contribution < -0.4 is 0 Å². The Morgan fingerprint density at radius 1 is 0.412 bits per heavy atom. The van der Waals surface area contributed by atoms with Crippen molar-refractivity contribution >= 4 is 53.3 Å². The summed E-state index contributed by atoms with van der Waals surface area (Å²) in [5.41, 5.74) is 13.5. The molecule has 10 aromatic rings. The third-order valence-corrected chi connectivity index (χ3v) is 12.2. The highest BCUT2D eigenvalue weighted by molar-refractivity contribution is 7.25. The molecular formula is C49H31NS. The number of para-hydroxylation sites is 1. The molecule has 0 aliphatic heterocycles. The first-order chi connectivity index (χ1) is 25.3. The Balaban J connectivity index is 1.22. The van der Waals surface area contributed by atoms with Crippen LogP contribution in [0.25, 0.3) is 69.9 Å². The molecule has 11 rings (SSSR count). The number of benzene rings is 8. The molecule has 8 aromatic carbocycles. The van der Waals surface area contributed by atoms with Crippen LogP contribution in [0.1, 0.15) is 22.3 Å². The van der Waals surface area contributed by atoms with Crippen molar-refractivity contribution in [2.24, 2.45) is 0 Å².